The highest BCUT2D eigenvalue weighted by atomic mass is 79.9. The van der Waals surface area contributed by atoms with Gasteiger partial charge in [0.1, 0.15) is 18.2 Å². The second kappa shape index (κ2) is 6.86. The number of ether oxygens (including phenoxy) is 1. The van der Waals surface area contributed by atoms with Crippen LogP contribution in [0.25, 0.3) is 0 Å². The first-order valence-corrected chi connectivity index (χ1v) is 7.24. The van der Waals surface area contributed by atoms with Crippen LogP contribution in [-0.4, -0.2) is 5.11 Å². The molecule has 1 N–H and O–H groups in total. The Morgan fingerprint density at radius 2 is 2.00 bits per heavy atom. The molecular formula is C16H16BrFO2. The molecule has 0 fully saturated rings. The van der Waals surface area contributed by atoms with Crippen molar-refractivity contribution in [2.75, 3.05) is 0 Å². The van der Waals surface area contributed by atoms with E-state index < -0.39 is 6.10 Å². The molecule has 0 radical (unpaired) electrons. The van der Waals surface area contributed by atoms with Gasteiger partial charge in [-0.3, -0.25) is 0 Å². The minimum atomic E-state index is -0.536. The van der Waals surface area contributed by atoms with Gasteiger partial charge >= 0.3 is 0 Å². The third-order valence-electron chi connectivity index (χ3n) is 3.04. The third-order valence-corrected chi connectivity index (χ3v) is 3.65. The normalized spacial score (nSPS) is 12.2. The lowest BCUT2D eigenvalue weighted by Gasteiger charge is -2.15. The van der Waals surface area contributed by atoms with Crippen LogP contribution >= 0.6 is 15.9 Å². The summed E-state index contributed by atoms with van der Waals surface area (Å²) in [7, 11) is 0. The monoisotopic (exact) mass is 338 g/mol. The maximum atomic E-state index is 13.2. The van der Waals surface area contributed by atoms with E-state index in [1.54, 1.807) is 12.1 Å². The Morgan fingerprint density at radius 1 is 1.25 bits per heavy atom. The summed E-state index contributed by atoms with van der Waals surface area (Å²) in [5, 5.41) is 9.95. The van der Waals surface area contributed by atoms with Crippen molar-refractivity contribution in [2.24, 2.45) is 0 Å². The minimum Gasteiger partial charge on any atom is -0.489 e. The molecule has 0 spiro atoms. The highest BCUT2D eigenvalue weighted by Crippen LogP contribution is 2.28. The van der Waals surface area contributed by atoms with E-state index in [9.17, 15) is 9.50 Å². The molecule has 0 amide bonds. The van der Waals surface area contributed by atoms with Gasteiger partial charge in [-0.15, -0.1) is 0 Å². The first-order chi connectivity index (χ1) is 9.61. The summed E-state index contributed by atoms with van der Waals surface area (Å²) in [6.07, 6.45) is 0.0915. The van der Waals surface area contributed by atoms with E-state index in [-0.39, 0.29) is 5.82 Å². The Hall–Kier alpha value is -1.39. The van der Waals surface area contributed by atoms with Gasteiger partial charge in [-0.05, 0) is 46.1 Å². The zero-order valence-electron chi connectivity index (χ0n) is 11.1. The topological polar surface area (TPSA) is 29.5 Å². The summed E-state index contributed by atoms with van der Waals surface area (Å²) in [5.41, 5.74) is 1.63. The average molecular weight is 339 g/mol. The van der Waals surface area contributed by atoms with Gasteiger partial charge in [0, 0.05) is 5.56 Å². The SMILES string of the molecule is CC[C@H](O)c1ccccc1OCc1ccc(F)c(Br)c1. The van der Waals surface area contributed by atoms with E-state index >= 15 is 0 Å². The van der Waals surface area contributed by atoms with E-state index in [1.165, 1.54) is 6.07 Å². The molecule has 1 atom stereocenters. The number of hydrogen-bond acceptors (Lipinski definition) is 2. The van der Waals surface area contributed by atoms with Gasteiger partial charge < -0.3 is 9.84 Å². The van der Waals surface area contributed by atoms with Crippen LogP contribution in [0.2, 0.25) is 0 Å². The predicted molar refractivity (Wildman–Crippen MR) is 80.1 cm³/mol. The van der Waals surface area contributed by atoms with Crippen LogP contribution in [0.1, 0.15) is 30.6 Å². The van der Waals surface area contributed by atoms with Crippen molar-refractivity contribution in [3.63, 3.8) is 0 Å². The first-order valence-electron chi connectivity index (χ1n) is 6.45. The molecule has 20 heavy (non-hydrogen) atoms. The number of para-hydroxylation sites is 1. The molecule has 2 nitrogen and oxygen atoms in total. The summed E-state index contributed by atoms with van der Waals surface area (Å²) in [5.74, 6) is 0.359. The van der Waals surface area contributed by atoms with Crippen molar-refractivity contribution in [3.8, 4) is 5.75 Å². The smallest absolute Gasteiger partial charge is 0.137 e. The molecule has 0 aliphatic rings. The summed E-state index contributed by atoms with van der Waals surface area (Å²) in [4.78, 5) is 0. The number of hydrogen-bond donors (Lipinski definition) is 1. The van der Waals surface area contributed by atoms with Crippen molar-refractivity contribution in [1.29, 1.82) is 0 Å². The van der Waals surface area contributed by atoms with Gasteiger partial charge in [-0.25, -0.2) is 4.39 Å². The van der Waals surface area contributed by atoms with E-state index in [0.29, 0.717) is 23.2 Å². The fourth-order valence-corrected chi connectivity index (χ4v) is 2.32. The second-order valence-electron chi connectivity index (χ2n) is 4.50. The lowest BCUT2D eigenvalue weighted by Crippen LogP contribution is -2.02. The van der Waals surface area contributed by atoms with Crippen molar-refractivity contribution in [2.45, 2.75) is 26.1 Å². The molecule has 2 aromatic carbocycles. The van der Waals surface area contributed by atoms with Crippen LogP contribution in [0, 0.1) is 5.82 Å². The van der Waals surface area contributed by atoms with Gasteiger partial charge in [0.05, 0.1) is 10.6 Å². The van der Waals surface area contributed by atoms with E-state index in [4.69, 9.17) is 4.74 Å². The average Bonchev–Trinajstić information content (AvgIpc) is 2.48. The molecule has 0 saturated carbocycles. The highest BCUT2D eigenvalue weighted by Gasteiger charge is 2.11. The van der Waals surface area contributed by atoms with Gasteiger partial charge in [-0.1, -0.05) is 31.2 Å². The maximum absolute atomic E-state index is 13.2. The fourth-order valence-electron chi connectivity index (χ4n) is 1.90. The fraction of sp³-hybridized carbons (Fsp3) is 0.250. The standard InChI is InChI=1S/C16H16BrFO2/c1-2-15(19)12-5-3-4-6-16(12)20-10-11-7-8-14(18)13(17)9-11/h3-9,15,19H,2,10H2,1H3/t15-/m0/s1. The number of aliphatic hydroxyl groups excluding tert-OH is 1. The highest BCUT2D eigenvalue weighted by molar-refractivity contribution is 9.10. The zero-order valence-corrected chi connectivity index (χ0v) is 12.7. The Bertz CT molecular complexity index is 586. The number of rotatable bonds is 5. The molecular weight excluding hydrogens is 323 g/mol. The Labute approximate surface area is 126 Å². The van der Waals surface area contributed by atoms with Gasteiger partial charge in [0.15, 0.2) is 0 Å². The van der Waals surface area contributed by atoms with Crippen LogP contribution in [0.4, 0.5) is 4.39 Å². The lowest BCUT2D eigenvalue weighted by atomic mass is 10.1. The molecule has 0 bridgehead atoms. The molecule has 0 aliphatic heterocycles. The summed E-state index contributed by atoms with van der Waals surface area (Å²) >= 11 is 3.15. The molecule has 2 rings (SSSR count). The van der Waals surface area contributed by atoms with Crippen molar-refractivity contribution >= 4 is 15.9 Å². The molecule has 0 saturated heterocycles. The van der Waals surface area contributed by atoms with Gasteiger partial charge in [0.25, 0.3) is 0 Å². The van der Waals surface area contributed by atoms with Gasteiger partial charge in [0.2, 0.25) is 0 Å². The Morgan fingerprint density at radius 3 is 2.70 bits per heavy atom. The molecule has 4 heteroatoms. The lowest BCUT2D eigenvalue weighted by molar-refractivity contribution is 0.166. The summed E-state index contributed by atoms with van der Waals surface area (Å²) in [6, 6.07) is 12.2. The zero-order chi connectivity index (χ0) is 14.5. The molecule has 0 heterocycles. The van der Waals surface area contributed by atoms with Crippen LogP contribution in [-0.2, 0) is 6.61 Å². The largest absolute Gasteiger partial charge is 0.489 e. The molecule has 106 valence electrons. The summed E-state index contributed by atoms with van der Waals surface area (Å²) in [6.45, 7) is 2.24. The molecule has 2 aromatic rings. The van der Waals surface area contributed by atoms with Crippen LogP contribution in [0.3, 0.4) is 0 Å². The Balaban J connectivity index is 2.12. The molecule has 0 unspecified atom stereocenters. The van der Waals surface area contributed by atoms with Crippen molar-refractivity contribution in [1.82, 2.24) is 0 Å². The van der Waals surface area contributed by atoms with Crippen molar-refractivity contribution < 1.29 is 14.2 Å². The van der Waals surface area contributed by atoms with Crippen LogP contribution in [0.15, 0.2) is 46.9 Å². The van der Waals surface area contributed by atoms with Crippen LogP contribution in [0.5, 0.6) is 5.75 Å². The van der Waals surface area contributed by atoms with Crippen molar-refractivity contribution in [3.05, 3.63) is 63.9 Å². The quantitative estimate of drug-likeness (QED) is 0.862. The second-order valence-corrected chi connectivity index (χ2v) is 5.35. The summed E-state index contributed by atoms with van der Waals surface area (Å²) < 4.78 is 19.3. The Kier molecular flexibility index (Phi) is 5.15. The van der Waals surface area contributed by atoms with E-state index in [2.05, 4.69) is 15.9 Å². The molecule has 0 aromatic heterocycles. The van der Waals surface area contributed by atoms with Crippen LogP contribution < -0.4 is 4.74 Å². The third kappa shape index (κ3) is 3.58. The molecule has 0 aliphatic carbocycles. The number of aliphatic hydroxyl groups is 1. The van der Waals surface area contributed by atoms with E-state index in [1.807, 2.05) is 31.2 Å². The van der Waals surface area contributed by atoms with E-state index in [0.717, 1.165) is 11.1 Å². The maximum Gasteiger partial charge on any atom is 0.137 e. The number of benzene rings is 2. The first kappa shape index (κ1) is 15.0. The number of halogens is 2. The predicted octanol–water partition coefficient (Wildman–Crippen LogP) is 4.61. The van der Waals surface area contributed by atoms with Gasteiger partial charge in [-0.2, -0.15) is 0 Å². The minimum absolute atomic E-state index is 0.296.